The van der Waals surface area contributed by atoms with Crippen LogP contribution in [0.15, 0.2) is 59.6 Å². The summed E-state index contributed by atoms with van der Waals surface area (Å²) in [4.78, 5) is 32.9. The molecule has 3 heterocycles. The third-order valence-corrected chi connectivity index (χ3v) is 5.97. The van der Waals surface area contributed by atoms with Gasteiger partial charge in [0.1, 0.15) is 24.7 Å². The lowest BCUT2D eigenvalue weighted by Gasteiger charge is -2.22. The van der Waals surface area contributed by atoms with Crippen molar-refractivity contribution in [3.05, 3.63) is 71.6 Å². The number of rotatable bonds is 6. The first-order valence-electron chi connectivity index (χ1n) is 11.9. The fourth-order valence-corrected chi connectivity index (χ4v) is 4.10. The molecule has 0 aliphatic carbocycles. The highest BCUT2D eigenvalue weighted by Gasteiger charge is 2.31. The van der Waals surface area contributed by atoms with Gasteiger partial charge >= 0.3 is 11.9 Å². The molecule has 1 fully saturated rings. The Bertz CT molecular complexity index is 1180. The molecule has 2 aromatic rings. The summed E-state index contributed by atoms with van der Waals surface area (Å²) < 4.78 is 31.2. The first-order valence-corrected chi connectivity index (χ1v) is 11.9. The Balaban J connectivity index is 1.18. The van der Waals surface area contributed by atoms with Crippen molar-refractivity contribution in [1.82, 2.24) is 5.06 Å². The van der Waals surface area contributed by atoms with Gasteiger partial charge in [-0.05, 0) is 48.6 Å². The number of hydrogen-bond donors (Lipinski definition) is 1. The summed E-state index contributed by atoms with van der Waals surface area (Å²) in [6.07, 6.45) is 4.86. The summed E-state index contributed by atoms with van der Waals surface area (Å²) in [5.41, 5.74) is 2.14. The Kier molecular flexibility index (Phi) is 7.13. The number of nitrogens with one attached hydrogen (secondary N) is 1. The number of esters is 1. The largest absolute Gasteiger partial charge is 0.491 e. The van der Waals surface area contributed by atoms with Crippen LogP contribution in [-0.4, -0.2) is 55.1 Å². The van der Waals surface area contributed by atoms with E-state index in [0.717, 1.165) is 43.6 Å². The summed E-state index contributed by atoms with van der Waals surface area (Å²) in [6.45, 7) is 1.27. The van der Waals surface area contributed by atoms with Crippen LogP contribution in [0.1, 0.15) is 30.4 Å². The second-order valence-electron chi connectivity index (χ2n) is 8.70. The van der Waals surface area contributed by atoms with Crippen molar-refractivity contribution in [1.29, 1.82) is 0 Å². The van der Waals surface area contributed by atoms with Crippen LogP contribution in [0.25, 0.3) is 0 Å². The zero-order valence-corrected chi connectivity index (χ0v) is 19.5. The first kappa shape index (κ1) is 23.8. The maximum absolute atomic E-state index is 14.7. The fourth-order valence-electron chi connectivity index (χ4n) is 4.10. The van der Waals surface area contributed by atoms with E-state index in [1.807, 2.05) is 24.3 Å². The van der Waals surface area contributed by atoms with Gasteiger partial charge in [0, 0.05) is 36.9 Å². The first-order chi connectivity index (χ1) is 17.5. The van der Waals surface area contributed by atoms with Gasteiger partial charge < -0.3 is 24.4 Å². The predicted molar refractivity (Wildman–Crippen MR) is 128 cm³/mol. The quantitative estimate of drug-likeness (QED) is 0.610. The van der Waals surface area contributed by atoms with Crippen LogP contribution < -0.4 is 10.1 Å². The molecular formula is C26H26FN3O6. The van der Waals surface area contributed by atoms with Crippen molar-refractivity contribution >= 4 is 23.6 Å². The summed E-state index contributed by atoms with van der Waals surface area (Å²) in [7, 11) is 0. The van der Waals surface area contributed by atoms with Crippen LogP contribution in [0.4, 0.5) is 10.1 Å². The van der Waals surface area contributed by atoms with Gasteiger partial charge in [-0.15, -0.1) is 0 Å². The van der Waals surface area contributed by atoms with Crippen molar-refractivity contribution in [3.8, 4) is 5.75 Å². The number of carbonyl (C=O) groups excluding carboxylic acids is 2. The van der Waals surface area contributed by atoms with Gasteiger partial charge in [-0.2, -0.15) is 5.06 Å². The van der Waals surface area contributed by atoms with Crippen LogP contribution in [0.5, 0.6) is 5.75 Å². The number of benzene rings is 2. The van der Waals surface area contributed by atoms with Gasteiger partial charge in [0.25, 0.3) is 0 Å². The standard InChI is InChI=1S/C26H26FN3O6/c27-22-14-20(34-16-21-3-1-2-12-33-21)9-6-18(22)13-17-4-7-19(8-5-17)28-26-29-23-15-30(26)36-25(32)11-10-24(31)35-23/h4-11,14,21,23H,1-3,12-13,15-16H2,(H,28,29)/b11-10-. The van der Waals surface area contributed by atoms with E-state index in [1.165, 1.54) is 11.1 Å². The molecule has 10 heteroatoms. The Hall–Kier alpha value is -3.92. The van der Waals surface area contributed by atoms with Gasteiger partial charge in [-0.25, -0.2) is 19.0 Å². The van der Waals surface area contributed by atoms with Crippen molar-refractivity contribution in [2.24, 2.45) is 4.99 Å². The normalized spacial score (nSPS) is 22.5. The van der Waals surface area contributed by atoms with E-state index in [4.69, 9.17) is 19.0 Å². The van der Waals surface area contributed by atoms with Crippen LogP contribution in [0, 0.1) is 5.82 Å². The third kappa shape index (κ3) is 6.01. The summed E-state index contributed by atoms with van der Waals surface area (Å²) in [5.74, 6) is -0.970. The number of nitrogens with zero attached hydrogens (tertiary/aromatic N) is 2. The molecule has 3 aliphatic rings. The summed E-state index contributed by atoms with van der Waals surface area (Å²) in [6, 6.07) is 12.3. The van der Waals surface area contributed by atoms with Crippen molar-refractivity contribution < 1.29 is 33.0 Å². The Morgan fingerprint density at radius 3 is 2.69 bits per heavy atom. The monoisotopic (exact) mass is 495 g/mol. The van der Waals surface area contributed by atoms with E-state index in [1.54, 1.807) is 12.1 Å². The maximum Gasteiger partial charge on any atom is 0.356 e. The second kappa shape index (κ2) is 10.8. The number of guanidine groups is 1. The molecule has 0 spiro atoms. The minimum atomic E-state index is -0.792. The second-order valence-corrected chi connectivity index (χ2v) is 8.70. The van der Waals surface area contributed by atoms with Crippen molar-refractivity contribution in [2.45, 2.75) is 38.0 Å². The van der Waals surface area contributed by atoms with Crippen molar-refractivity contribution in [2.75, 3.05) is 25.1 Å². The Labute approximate surface area is 207 Å². The molecule has 1 saturated heterocycles. The van der Waals surface area contributed by atoms with E-state index >= 15 is 0 Å². The van der Waals surface area contributed by atoms with E-state index in [0.29, 0.717) is 30.0 Å². The third-order valence-electron chi connectivity index (χ3n) is 5.97. The minimum absolute atomic E-state index is 0.0671. The van der Waals surface area contributed by atoms with E-state index in [9.17, 15) is 14.0 Å². The number of halogens is 1. The summed E-state index contributed by atoms with van der Waals surface area (Å²) >= 11 is 0. The van der Waals surface area contributed by atoms with Crippen LogP contribution in [0.2, 0.25) is 0 Å². The molecule has 0 saturated carbocycles. The average molecular weight is 496 g/mol. The molecule has 0 radical (unpaired) electrons. The van der Waals surface area contributed by atoms with Crippen LogP contribution in [-0.2, 0) is 30.3 Å². The van der Waals surface area contributed by atoms with Gasteiger partial charge in [0.05, 0.1) is 6.10 Å². The highest BCUT2D eigenvalue weighted by Crippen LogP contribution is 2.23. The molecule has 3 aliphatic heterocycles. The zero-order chi connectivity index (χ0) is 24.9. The maximum atomic E-state index is 14.7. The molecule has 36 heavy (non-hydrogen) atoms. The summed E-state index contributed by atoms with van der Waals surface area (Å²) in [5, 5.41) is 4.30. The molecule has 1 N–H and O–H groups in total. The molecule has 2 atom stereocenters. The van der Waals surface area contributed by atoms with Gasteiger partial charge in [-0.1, -0.05) is 18.2 Å². The molecule has 5 rings (SSSR count). The smallest absolute Gasteiger partial charge is 0.356 e. The number of anilines is 1. The number of aliphatic imine (C=N–C) groups is 1. The molecule has 9 nitrogen and oxygen atoms in total. The average Bonchev–Trinajstić information content (AvgIpc) is 3.26. The number of carbonyl (C=O) groups is 2. The Morgan fingerprint density at radius 2 is 1.92 bits per heavy atom. The molecule has 2 bridgehead atoms. The van der Waals surface area contributed by atoms with Crippen molar-refractivity contribution in [3.63, 3.8) is 0 Å². The predicted octanol–water partition coefficient (Wildman–Crippen LogP) is 3.35. The lowest BCUT2D eigenvalue weighted by molar-refractivity contribution is -0.167. The molecular weight excluding hydrogens is 469 g/mol. The Morgan fingerprint density at radius 1 is 1.08 bits per heavy atom. The number of ether oxygens (including phenoxy) is 3. The number of hydroxylamine groups is 2. The van der Waals surface area contributed by atoms with Gasteiger partial charge in [0.15, 0.2) is 0 Å². The van der Waals surface area contributed by atoms with Crippen LogP contribution in [0.3, 0.4) is 0 Å². The van der Waals surface area contributed by atoms with E-state index < -0.39 is 18.2 Å². The van der Waals surface area contributed by atoms with Gasteiger partial charge in [-0.3, -0.25) is 0 Å². The highest BCUT2D eigenvalue weighted by molar-refractivity contribution is 5.97. The topological polar surface area (TPSA) is 98.7 Å². The minimum Gasteiger partial charge on any atom is -0.491 e. The highest BCUT2D eigenvalue weighted by atomic mass is 19.1. The number of fused-ring (bicyclic) bond motifs is 2. The zero-order valence-electron chi connectivity index (χ0n) is 19.5. The lowest BCUT2D eigenvalue weighted by Crippen LogP contribution is -2.35. The van der Waals surface area contributed by atoms with Crippen LogP contribution >= 0.6 is 0 Å². The van der Waals surface area contributed by atoms with E-state index in [2.05, 4.69) is 10.3 Å². The van der Waals surface area contributed by atoms with Gasteiger partial charge in [0.2, 0.25) is 12.2 Å². The van der Waals surface area contributed by atoms with E-state index in [-0.39, 0.29) is 24.4 Å². The fraction of sp³-hybridized carbons (Fsp3) is 0.346. The SMILES string of the molecule is O=C1/C=C\C(=O)ON2CC(N=C2Nc2ccc(Cc3ccc(OCC4CCCCO4)cc3F)cc2)O1. The number of hydrogen-bond acceptors (Lipinski definition) is 9. The molecule has 0 aromatic heterocycles. The molecule has 188 valence electrons. The molecule has 0 amide bonds. The molecule has 2 unspecified atom stereocenters. The lowest BCUT2D eigenvalue weighted by atomic mass is 10.0. The molecule has 2 aromatic carbocycles.